The van der Waals surface area contributed by atoms with Crippen molar-refractivity contribution in [2.45, 2.75) is 10.0 Å². The van der Waals surface area contributed by atoms with Gasteiger partial charge in [-0.05, 0) is 18.2 Å². The first-order valence-electron chi connectivity index (χ1n) is 5.37. The van der Waals surface area contributed by atoms with Gasteiger partial charge in [-0.25, -0.2) is 4.79 Å². The summed E-state index contributed by atoms with van der Waals surface area (Å²) in [6.45, 7) is 0. The smallest absolute Gasteiger partial charge is 0.323 e. The zero-order valence-corrected chi connectivity index (χ0v) is 14.5. The number of carbonyl (C=O) groups is 1. The predicted octanol–water partition coefficient (Wildman–Crippen LogP) is 3.90. The normalized spacial score (nSPS) is 14.4. The zero-order valence-electron chi connectivity index (χ0n) is 10.5. The van der Waals surface area contributed by atoms with Gasteiger partial charge in [0.05, 0.1) is 0 Å². The van der Waals surface area contributed by atoms with E-state index in [1.54, 1.807) is 18.2 Å². The van der Waals surface area contributed by atoms with E-state index in [-0.39, 0.29) is 0 Å². The molecule has 0 heterocycles. The third-order valence-corrected chi connectivity index (χ3v) is 3.46. The van der Waals surface area contributed by atoms with Crippen molar-refractivity contribution in [2.24, 2.45) is 0 Å². The van der Waals surface area contributed by atoms with E-state index in [9.17, 15) is 9.36 Å². The summed E-state index contributed by atoms with van der Waals surface area (Å²) in [6, 6.07) is 5.65. The van der Waals surface area contributed by atoms with Gasteiger partial charge in [-0.15, -0.1) is 0 Å². The standard InChI is InChI=1S/C10H11Cl4N2O4P/c1-16(8(10(12,13)14)20-21(18)19)9(17)15-7-4-2-3-6(11)5-7/h2-5,8,21H,1H3,(H,15,17)(H,18,19). The summed E-state index contributed by atoms with van der Waals surface area (Å²) < 4.78 is 13.3. The Morgan fingerprint density at radius 3 is 2.57 bits per heavy atom. The molecule has 118 valence electrons. The summed E-state index contributed by atoms with van der Waals surface area (Å²) in [4.78, 5) is 21.7. The Labute approximate surface area is 141 Å². The number of halogens is 4. The third-order valence-electron chi connectivity index (χ3n) is 2.24. The number of hydrogen-bond acceptors (Lipinski definition) is 3. The molecule has 0 spiro atoms. The van der Waals surface area contributed by atoms with E-state index in [2.05, 4.69) is 9.84 Å². The number of amides is 2. The van der Waals surface area contributed by atoms with E-state index in [1.165, 1.54) is 13.1 Å². The molecule has 2 unspecified atom stereocenters. The highest BCUT2D eigenvalue weighted by atomic mass is 35.6. The maximum atomic E-state index is 12.0. The van der Waals surface area contributed by atoms with E-state index in [0.717, 1.165) is 4.90 Å². The van der Waals surface area contributed by atoms with Crippen LogP contribution in [-0.2, 0) is 9.09 Å². The second-order valence-corrected chi connectivity index (χ2v) is 7.40. The van der Waals surface area contributed by atoms with Crippen LogP contribution in [0.3, 0.4) is 0 Å². The largest absolute Gasteiger partial charge is 0.326 e. The number of carbonyl (C=O) groups excluding carboxylic acids is 1. The number of nitrogens with one attached hydrogen (secondary N) is 1. The number of urea groups is 1. The first-order valence-corrected chi connectivity index (χ1v) is 8.14. The maximum absolute atomic E-state index is 12.0. The summed E-state index contributed by atoms with van der Waals surface area (Å²) in [5.41, 5.74) is 0.402. The van der Waals surface area contributed by atoms with Gasteiger partial charge in [-0.3, -0.25) is 14.0 Å². The number of hydrogen-bond donors (Lipinski definition) is 2. The summed E-state index contributed by atoms with van der Waals surface area (Å²) in [6.07, 6.45) is -1.54. The van der Waals surface area contributed by atoms with Crippen LogP contribution in [0.4, 0.5) is 10.5 Å². The molecule has 21 heavy (non-hydrogen) atoms. The summed E-state index contributed by atoms with van der Waals surface area (Å²) in [7, 11) is -2.17. The average Bonchev–Trinajstić information content (AvgIpc) is 2.33. The van der Waals surface area contributed by atoms with Gasteiger partial charge in [-0.2, -0.15) is 0 Å². The predicted molar refractivity (Wildman–Crippen MR) is 84.6 cm³/mol. The minimum Gasteiger partial charge on any atom is -0.326 e. The molecule has 0 aliphatic carbocycles. The lowest BCUT2D eigenvalue weighted by atomic mass is 10.3. The molecule has 1 aromatic carbocycles. The van der Waals surface area contributed by atoms with Crippen LogP contribution >= 0.6 is 54.7 Å². The van der Waals surface area contributed by atoms with Crippen molar-refractivity contribution >= 4 is 66.4 Å². The first kappa shape index (κ1) is 18.8. The number of anilines is 1. The van der Waals surface area contributed by atoms with Crippen molar-refractivity contribution in [1.82, 2.24) is 4.90 Å². The van der Waals surface area contributed by atoms with Gasteiger partial charge in [-0.1, -0.05) is 52.5 Å². The highest BCUT2D eigenvalue weighted by Gasteiger charge is 2.40. The molecule has 0 saturated heterocycles. The van der Waals surface area contributed by atoms with Crippen molar-refractivity contribution in [3.8, 4) is 0 Å². The molecule has 11 heteroatoms. The van der Waals surface area contributed by atoms with Crippen molar-refractivity contribution < 1.29 is 18.8 Å². The third kappa shape index (κ3) is 6.20. The Kier molecular flexibility index (Phi) is 7.07. The molecule has 1 aromatic rings. The fraction of sp³-hybridized carbons (Fsp3) is 0.300. The molecular formula is C10H11Cl4N2O4P. The van der Waals surface area contributed by atoms with Crippen molar-refractivity contribution in [3.05, 3.63) is 29.3 Å². The fourth-order valence-electron chi connectivity index (χ4n) is 1.35. The fourth-order valence-corrected chi connectivity index (χ4v) is 2.86. The van der Waals surface area contributed by atoms with Crippen LogP contribution in [-0.4, -0.2) is 32.9 Å². The van der Waals surface area contributed by atoms with Gasteiger partial charge in [0.25, 0.3) is 0 Å². The van der Waals surface area contributed by atoms with Gasteiger partial charge < -0.3 is 10.2 Å². The minimum absolute atomic E-state index is 0.402. The average molecular weight is 396 g/mol. The Morgan fingerprint density at radius 2 is 2.10 bits per heavy atom. The molecule has 6 nitrogen and oxygen atoms in total. The second kappa shape index (κ2) is 7.88. The lowest BCUT2D eigenvalue weighted by Crippen LogP contribution is -2.47. The van der Waals surface area contributed by atoms with E-state index >= 15 is 0 Å². The number of alkyl halides is 3. The van der Waals surface area contributed by atoms with Crippen LogP contribution in [0, 0.1) is 0 Å². The lowest BCUT2D eigenvalue weighted by Gasteiger charge is -2.31. The number of benzene rings is 1. The monoisotopic (exact) mass is 394 g/mol. The Hall–Kier alpha value is -0.200. The van der Waals surface area contributed by atoms with Crippen LogP contribution in [0.2, 0.25) is 5.02 Å². The van der Waals surface area contributed by atoms with E-state index < -0.39 is 24.3 Å². The molecule has 0 radical (unpaired) electrons. The quantitative estimate of drug-likeness (QED) is 0.460. The molecular weight excluding hydrogens is 385 g/mol. The van der Waals surface area contributed by atoms with Gasteiger partial charge in [0.15, 0.2) is 6.23 Å². The van der Waals surface area contributed by atoms with E-state index in [4.69, 9.17) is 51.3 Å². The molecule has 0 aromatic heterocycles. The molecule has 1 rings (SSSR count). The molecule has 0 fully saturated rings. The minimum atomic E-state index is -3.42. The zero-order chi connectivity index (χ0) is 16.2. The molecule has 0 saturated carbocycles. The molecule has 0 aliphatic rings. The number of rotatable bonds is 4. The molecule has 2 amide bonds. The highest BCUT2D eigenvalue weighted by molar-refractivity contribution is 7.32. The highest BCUT2D eigenvalue weighted by Crippen LogP contribution is 2.38. The molecule has 2 N–H and O–H groups in total. The van der Waals surface area contributed by atoms with Gasteiger partial charge in [0.2, 0.25) is 3.79 Å². The van der Waals surface area contributed by atoms with Crippen molar-refractivity contribution in [3.63, 3.8) is 0 Å². The summed E-state index contributed by atoms with van der Waals surface area (Å²) >= 11 is 22.7. The summed E-state index contributed by atoms with van der Waals surface area (Å²) in [5, 5.41) is 2.90. The first-order chi connectivity index (χ1) is 9.61. The Morgan fingerprint density at radius 1 is 1.48 bits per heavy atom. The van der Waals surface area contributed by atoms with Crippen molar-refractivity contribution in [2.75, 3.05) is 12.4 Å². The lowest BCUT2D eigenvalue weighted by molar-refractivity contribution is 0.0731. The van der Waals surface area contributed by atoms with Crippen molar-refractivity contribution in [1.29, 1.82) is 0 Å². The topological polar surface area (TPSA) is 78.9 Å². The Balaban J connectivity index is 2.85. The molecule has 2 atom stereocenters. The Bertz CT molecular complexity index is 540. The van der Waals surface area contributed by atoms with Gasteiger partial charge in [0, 0.05) is 17.8 Å². The second-order valence-electron chi connectivity index (χ2n) is 3.83. The van der Waals surface area contributed by atoms with E-state index in [1.807, 2.05) is 0 Å². The van der Waals surface area contributed by atoms with Crippen LogP contribution < -0.4 is 5.32 Å². The molecule has 0 aliphatic heterocycles. The van der Waals surface area contributed by atoms with Crippen LogP contribution in [0.1, 0.15) is 0 Å². The maximum Gasteiger partial charge on any atom is 0.323 e. The van der Waals surface area contributed by atoms with E-state index in [0.29, 0.717) is 10.7 Å². The molecule has 0 bridgehead atoms. The van der Waals surface area contributed by atoms with Crippen LogP contribution in [0.5, 0.6) is 0 Å². The van der Waals surface area contributed by atoms with Crippen LogP contribution in [0.15, 0.2) is 24.3 Å². The van der Waals surface area contributed by atoms with Gasteiger partial charge in [0.1, 0.15) is 0 Å². The number of nitrogens with zero attached hydrogens (tertiary/aromatic N) is 1. The van der Waals surface area contributed by atoms with Crippen LogP contribution in [0.25, 0.3) is 0 Å². The van der Waals surface area contributed by atoms with Gasteiger partial charge >= 0.3 is 14.3 Å². The SMILES string of the molecule is CN(C(=O)Nc1cccc(Cl)c1)C(O[PH](=O)O)C(Cl)(Cl)Cl. The summed E-state index contributed by atoms with van der Waals surface area (Å²) in [5.74, 6) is 0.